The van der Waals surface area contributed by atoms with Crippen molar-refractivity contribution in [2.24, 2.45) is 0 Å². The average molecular weight is 260 g/mol. The summed E-state index contributed by atoms with van der Waals surface area (Å²) in [5.41, 5.74) is 0. The highest BCUT2D eigenvalue weighted by Crippen LogP contribution is 2.06. The first-order valence-electron chi connectivity index (χ1n) is 5.70. The number of hydrogen-bond acceptors (Lipinski definition) is 4. The minimum atomic E-state index is -1.07. The molecule has 1 atom stereocenters. The molecule has 2 amide bonds. The zero-order valence-electron chi connectivity index (χ0n) is 11.2. The number of rotatable bonds is 6. The van der Waals surface area contributed by atoms with E-state index in [2.05, 4.69) is 4.74 Å². The Morgan fingerprint density at radius 3 is 2.17 bits per heavy atom. The second kappa shape index (κ2) is 7.52. The summed E-state index contributed by atoms with van der Waals surface area (Å²) < 4.78 is 4.48. The molecule has 0 bridgehead atoms. The maximum atomic E-state index is 12.0. The van der Waals surface area contributed by atoms with E-state index in [0.29, 0.717) is 13.0 Å². The van der Waals surface area contributed by atoms with Crippen LogP contribution in [0.3, 0.4) is 0 Å². The molecule has 0 aromatic carbocycles. The van der Waals surface area contributed by atoms with Crippen LogP contribution in [0.25, 0.3) is 0 Å². The standard InChI is InChI=1S/C11H20N2O5/c1-5-8(10(15)16)12(3)11(17)13(6-2)7-9(14)18-4/h8H,5-7H2,1-4H3,(H,15,16). The summed E-state index contributed by atoms with van der Waals surface area (Å²) in [6, 6.07) is -1.40. The highest BCUT2D eigenvalue weighted by Gasteiger charge is 2.28. The van der Waals surface area contributed by atoms with Gasteiger partial charge in [-0.05, 0) is 13.3 Å². The van der Waals surface area contributed by atoms with Gasteiger partial charge < -0.3 is 19.6 Å². The molecule has 0 aromatic rings. The predicted molar refractivity (Wildman–Crippen MR) is 64.1 cm³/mol. The van der Waals surface area contributed by atoms with Gasteiger partial charge in [-0.3, -0.25) is 4.79 Å². The van der Waals surface area contributed by atoms with E-state index in [9.17, 15) is 14.4 Å². The lowest BCUT2D eigenvalue weighted by molar-refractivity contribution is -0.142. The maximum Gasteiger partial charge on any atom is 0.326 e. The van der Waals surface area contributed by atoms with Crippen LogP contribution < -0.4 is 0 Å². The largest absolute Gasteiger partial charge is 0.480 e. The molecule has 0 aromatic heterocycles. The van der Waals surface area contributed by atoms with Crippen LogP contribution in [0.1, 0.15) is 20.3 Å². The first kappa shape index (κ1) is 16.2. The van der Waals surface area contributed by atoms with E-state index < -0.39 is 24.0 Å². The Morgan fingerprint density at radius 1 is 1.28 bits per heavy atom. The molecule has 0 radical (unpaired) electrons. The molecule has 18 heavy (non-hydrogen) atoms. The number of aliphatic carboxylic acids is 1. The number of likely N-dealkylation sites (N-methyl/N-ethyl adjacent to an activating group) is 2. The summed E-state index contributed by atoms with van der Waals surface area (Å²) in [5, 5.41) is 8.97. The van der Waals surface area contributed by atoms with Crippen molar-refractivity contribution < 1.29 is 24.2 Å². The van der Waals surface area contributed by atoms with Crippen molar-refractivity contribution >= 4 is 18.0 Å². The van der Waals surface area contributed by atoms with Crippen molar-refractivity contribution in [3.63, 3.8) is 0 Å². The van der Waals surface area contributed by atoms with Crippen molar-refractivity contribution in [1.82, 2.24) is 9.80 Å². The molecule has 104 valence electrons. The zero-order valence-corrected chi connectivity index (χ0v) is 11.2. The van der Waals surface area contributed by atoms with E-state index in [-0.39, 0.29) is 6.54 Å². The monoisotopic (exact) mass is 260 g/mol. The average Bonchev–Trinajstić information content (AvgIpc) is 2.34. The lowest BCUT2D eigenvalue weighted by Gasteiger charge is -2.29. The summed E-state index contributed by atoms with van der Waals surface area (Å²) in [6.07, 6.45) is 0.299. The summed E-state index contributed by atoms with van der Waals surface area (Å²) in [5.74, 6) is -1.61. The van der Waals surface area contributed by atoms with Crippen LogP contribution in [-0.2, 0) is 14.3 Å². The fourth-order valence-electron chi connectivity index (χ4n) is 1.51. The number of ether oxygens (including phenoxy) is 1. The van der Waals surface area contributed by atoms with E-state index in [0.717, 1.165) is 4.90 Å². The van der Waals surface area contributed by atoms with Gasteiger partial charge in [0.25, 0.3) is 0 Å². The molecule has 0 rings (SSSR count). The van der Waals surface area contributed by atoms with E-state index >= 15 is 0 Å². The second-order valence-corrected chi connectivity index (χ2v) is 3.75. The van der Waals surface area contributed by atoms with Gasteiger partial charge in [0.05, 0.1) is 7.11 Å². The topological polar surface area (TPSA) is 87.2 Å². The third-order valence-corrected chi connectivity index (χ3v) is 2.64. The minimum absolute atomic E-state index is 0.188. The Hall–Kier alpha value is -1.79. The van der Waals surface area contributed by atoms with E-state index in [1.54, 1.807) is 13.8 Å². The number of esters is 1. The number of carbonyl (C=O) groups is 3. The fourth-order valence-corrected chi connectivity index (χ4v) is 1.51. The van der Waals surface area contributed by atoms with Gasteiger partial charge in [-0.25, -0.2) is 9.59 Å². The molecule has 7 nitrogen and oxygen atoms in total. The van der Waals surface area contributed by atoms with E-state index in [1.807, 2.05) is 0 Å². The molecule has 0 aliphatic heterocycles. The van der Waals surface area contributed by atoms with Gasteiger partial charge in [-0.1, -0.05) is 6.92 Å². The van der Waals surface area contributed by atoms with Crippen LogP contribution in [0.4, 0.5) is 4.79 Å². The summed E-state index contributed by atoms with van der Waals surface area (Å²) in [6.45, 7) is 3.50. The molecule has 0 heterocycles. The smallest absolute Gasteiger partial charge is 0.326 e. The Labute approximate surface area is 106 Å². The Kier molecular flexibility index (Phi) is 6.77. The molecule has 0 fully saturated rings. The van der Waals surface area contributed by atoms with Gasteiger partial charge in [0.2, 0.25) is 0 Å². The number of carboxylic acid groups (broad SMARTS) is 1. The zero-order chi connectivity index (χ0) is 14.3. The first-order valence-corrected chi connectivity index (χ1v) is 5.70. The number of carboxylic acids is 1. The second-order valence-electron chi connectivity index (χ2n) is 3.75. The number of nitrogens with zero attached hydrogens (tertiary/aromatic N) is 2. The van der Waals surface area contributed by atoms with Gasteiger partial charge in [0.15, 0.2) is 0 Å². The number of urea groups is 1. The van der Waals surface area contributed by atoms with Crippen LogP contribution in [0, 0.1) is 0 Å². The predicted octanol–water partition coefficient (Wildman–Crippen LogP) is 0.396. The normalized spacial score (nSPS) is 11.6. The van der Waals surface area contributed by atoms with Crippen LogP contribution in [0.2, 0.25) is 0 Å². The van der Waals surface area contributed by atoms with Crippen LogP contribution in [0.15, 0.2) is 0 Å². The molecule has 7 heteroatoms. The molecular formula is C11H20N2O5. The molecule has 1 unspecified atom stereocenters. The quantitative estimate of drug-likeness (QED) is 0.698. The van der Waals surface area contributed by atoms with E-state index in [4.69, 9.17) is 5.11 Å². The lowest BCUT2D eigenvalue weighted by atomic mass is 10.2. The molecule has 0 saturated carbocycles. The van der Waals surface area contributed by atoms with Gasteiger partial charge in [0, 0.05) is 13.6 Å². The highest BCUT2D eigenvalue weighted by atomic mass is 16.5. The van der Waals surface area contributed by atoms with Crippen molar-refractivity contribution in [3.8, 4) is 0 Å². The minimum Gasteiger partial charge on any atom is -0.480 e. The number of hydrogen-bond donors (Lipinski definition) is 1. The maximum absolute atomic E-state index is 12.0. The van der Waals surface area contributed by atoms with Crippen molar-refractivity contribution in [3.05, 3.63) is 0 Å². The van der Waals surface area contributed by atoms with Gasteiger partial charge >= 0.3 is 18.0 Å². The van der Waals surface area contributed by atoms with Crippen molar-refractivity contribution in [2.75, 3.05) is 27.2 Å². The van der Waals surface area contributed by atoms with Crippen LogP contribution in [0.5, 0.6) is 0 Å². The highest BCUT2D eigenvalue weighted by molar-refractivity contribution is 5.85. The number of methoxy groups -OCH3 is 1. The van der Waals surface area contributed by atoms with Crippen LogP contribution in [-0.4, -0.2) is 66.2 Å². The van der Waals surface area contributed by atoms with Gasteiger partial charge in [0.1, 0.15) is 12.6 Å². The Bertz CT molecular complexity index is 319. The summed E-state index contributed by atoms with van der Waals surface area (Å²) >= 11 is 0. The third-order valence-electron chi connectivity index (χ3n) is 2.64. The SMILES string of the molecule is CCC(C(=O)O)N(C)C(=O)N(CC)CC(=O)OC. The van der Waals surface area contributed by atoms with Crippen molar-refractivity contribution in [2.45, 2.75) is 26.3 Å². The third kappa shape index (κ3) is 4.23. The van der Waals surface area contributed by atoms with Crippen molar-refractivity contribution in [1.29, 1.82) is 0 Å². The summed E-state index contributed by atoms with van der Waals surface area (Å²) in [7, 11) is 2.64. The molecule has 0 saturated heterocycles. The first-order chi connectivity index (χ1) is 8.38. The lowest BCUT2D eigenvalue weighted by Crippen LogP contribution is -2.50. The van der Waals surface area contributed by atoms with Gasteiger partial charge in [-0.15, -0.1) is 0 Å². The number of carbonyl (C=O) groups excluding carboxylic acids is 2. The molecule has 1 N–H and O–H groups in total. The van der Waals surface area contributed by atoms with Gasteiger partial charge in [-0.2, -0.15) is 0 Å². The Morgan fingerprint density at radius 2 is 1.83 bits per heavy atom. The Balaban J connectivity index is 4.76. The molecule has 0 aliphatic rings. The molecule has 0 aliphatic carbocycles. The van der Waals surface area contributed by atoms with Crippen LogP contribution >= 0.6 is 0 Å². The molecule has 0 spiro atoms. The fraction of sp³-hybridized carbons (Fsp3) is 0.727. The molecular weight excluding hydrogens is 240 g/mol. The number of amides is 2. The van der Waals surface area contributed by atoms with E-state index in [1.165, 1.54) is 19.1 Å². The summed E-state index contributed by atoms with van der Waals surface area (Å²) in [4.78, 5) is 36.5.